The summed E-state index contributed by atoms with van der Waals surface area (Å²) < 4.78 is 5.59. The minimum Gasteiger partial charge on any atom is -0.497 e. The third kappa shape index (κ3) is 2.71. The number of ether oxygens (including phenoxy) is 1. The highest BCUT2D eigenvalue weighted by Gasteiger charge is 2.34. The summed E-state index contributed by atoms with van der Waals surface area (Å²) in [6.45, 7) is 10.1. The topological polar surface area (TPSA) is 26.3 Å². The van der Waals surface area contributed by atoms with E-state index in [-0.39, 0.29) is 11.2 Å². The van der Waals surface area contributed by atoms with Gasteiger partial charge in [0.15, 0.2) is 5.78 Å². The molecule has 0 atom stereocenters. The highest BCUT2D eigenvalue weighted by Crippen LogP contribution is 2.35. The highest BCUT2D eigenvalue weighted by molar-refractivity contribution is 6.00. The molecule has 15 heavy (non-hydrogen) atoms. The lowest BCUT2D eigenvalue weighted by atomic mass is 9.76. The zero-order valence-electron chi connectivity index (χ0n) is 9.93. The van der Waals surface area contributed by atoms with E-state index in [0.717, 1.165) is 30.6 Å². The lowest BCUT2D eigenvalue weighted by Gasteiger charge is -2.30. The van der Waals surface area contributed by atoms with E-state index in [0.29, 0.717) is 6.61 Å². The standard InChI is InChI=1S/C13H20O2/c1-5-6-9-15-11-7-8-13(3,4)12(14)10(11)2/h5H,1,6-9H2,2-4H3. The molecule has 0 spiro atoms. The molecule has 0 aliphatic heterocycles. The van der Waals surface area contributed by atoms with Gasteiger partial charge in [0.25, 0.3) is 0 Å². The van der Waals surface area contributed by atoms with Crippen molar-refractivity contribution in [3.63, 3.8) is 0 Å². The van der Waals surface area contributed by atoms with Gasteiger partial charge in [-0.2, -0.15) is 0 Å². The van der Waals surface area contributed by atoms with Crippen molar-refractivity contribution >= 4 is 5.78 Å². The monoisotopic (exact) mass is 208 g/mol. The minimum absolute atomic E-state index is 0.213. The first-order valence-electron chi connectivity index (χ1n) is 5.47. The molecular formula is C13H20O2. The van der Waals surface area contributed by atoms with Crippen LogP contribution < -0.4 is 0 Å². The van der Waals surface area contributed by atoms with Gasteiger partial charge < -0.3 is 4.74 Å². The molecule has 0 fully saturated rings. The molecule has 0 radical (unpaired) electrons. The van der Waals surface area contributed by atoms with Crippen LogP contribution in [-0.2, 0) is 9.53 Å². The Bertz CT molecular complexity index is 298. The van der Waals surface area contributed by atoms with Crippen molar-refractivity contribution in [1.29, 1.82) is 0 Å². The molecule has 0 aromatic heterocycles. The normalized spacial score (nSPS) is 20.3. The molecule has 2 heteroatoms. The minimum atomic E-state index is -0.213. The lowest BCUT2D eigenvalue weighted by Crippen LogP contribution is -2.30. The molecule has 0 bridgehead atoms. The molecule has 0 aromatic carbocycles. The summed E-state index contributed by atoms with van der Waals surface area (Å²) in [5, 5.41) is 0. The first-order valence-corrected chi connectivity index (χ1v) is 5.47. The van der Waals surface area contributed by atoms with Crippen LogP contribution in [0, 0.1) is 5.41 Å². The van der Waals surface area contributed by atoms with Gasteiger partial charge in [0.2, 0.25) is 0 Å². The van der Waals surface area contributed by atoms with Gasteiger partial charge in [-0.05, 0) is 19.8 Å². The van der Waals surface area contributed by atoms with Crippen molar-refractivity contribution in [2.24, 2.45) is 5.41 Å². The predicted molar refractivity (Wildman–Crippen MR) is 61.5 cm³/mol. The van der Waals surface area contributed by atoms with Crippen LogP contribution in [0.1, 0.15) is 40.0 Å². The summed E-state index contributed by atoms with van der Waals surface area (Å²) in [7, 11) is 0. The lowest BCUT2D eigenvalue weighted by molar-refractivity contribution is -0.124. The predicted octanol–water partition coefficient (Wildman–Crippen LogP) is 3.24. The van der Waals surface area contributed by atoms with Gasteiger partial charge in [0, 0.05) is 17.4 Å². The molecule has 0 aromatic rings. The largest absolute Gasteiger partial charge is 0.497 e. The molecule has 0 N–H and O–H groups in total. The Balaban J connectivity index is 2.69. The molecule has 0 saturated carbocycles. The molecule has 0 saturated heterocycles. The van der Waals surface area contributed by atoms with E-state index in [1.807, 2.05) is 26.8 Å². The van der Waals surface area contributed by atoms with Crippen molar-refractivity contribution in [2.75, 3.05) is 6.61 Å². The van der Waals surface area contributed by atoms with E-state index in [2.05, 4.69) is 6.58 Å². The number of carbonyl (C=O) groups is 1. The van der Waals surface area contributed by atoms with Crippen LogP contribution in [0.5, 0.6) is 0 Å². The van der Waals surface area contributed by atoms with Crippen LogP contribution in [0.3, 0.4) is 0 Å². The van der Waals surface area contributed by atoms with Crippen LogP contribution in [0.25, 0.3) is 0 Å². The Hall–Kier alpha value is -1.05. The fraction of sp³-hybridized carbons (Fsp3) is 0.615. The molecule has 2 nitrogen and oxygen atoms in total. The summed E-state index contributed by atoms with van der Waals surface area (Å²) in [4.78, 5) is 11.9. The fourth-order valence-electron chi connectivity index (χ4n) is 1.81. The SMILES string of the molecule is C=CCCOC1=C(C)C(=O)C(C)(C)CC1. The van der Waals surface area contributed by atoms with Crippen LogP contribution in [0.4, 0.5) is 0 Å². The van der Waals surface area contributed by atoms with Gasteiger partial charge in [-0.3, -0.25) is 4.79 Å². The Morgan fingerprint density at radius 2 is 2.20 bits per heavy atom. The molecule has 1 rings (SSSR count). The third-order valence-corrected chi connectivity index (χ3v) is 2.95. The Labute approximate surface area is 92.0 Å². The zero-order valence-corrected chi connectivity index (χ0v) is 9.93. The van der Waals surface area contributed by atoms with Gasteiger partial charge >= 0.3 is 0 Å². The van der Waals surface area contributed by atoms with Crippen LogP contribution in [0.2, 0.25) is 0 Å². The Kier molecular flexibility index (Phi) is 3.72. The Morgan fingerprint density at radius 1 is 1.53 bits per heavy atom. The molecule has 1 aliphatic carbocycles. The van der Waals surface area contributed by atoms with Crippen LogP contribution in [-0.4, -0.2) is 12.4 Å². The second-order valence-corrected chi connectivity index (χ2v) is 4.69. The molecule has 0 unspecified atom stereocenters. The third-order valence-electron chi connectivity index (χ3n) is 2.95. The smallest absolute Gasteiger partial charge is 0.167 e. The number of carbonyl (C=O) groups excluding carboxylic acids is 1. The number of rotatable bonds is 4. The second kappa shape index (κ2) is 4.65. The van der Waals surface area contributed by atoms with Gasteiger partial charge in [-0.25, -0.2) is 0 Å². The number of hydrogen-bond donors (Lipinski definition) is 0. The van der Waals surface area contributed by atoms with E-state index in [9.17, 15) is 4.79 Å². The molecule has 1 aliphatic rings. The van der Waals surface area contributed by atoms with E-state index >= 15 is 0 Å². The maximum Gasteiger partial charge on any atom is 0.167 e. The summed E-state index contributed by atoms with van der Waals surface area (Å²) in [5.41, 5.74) is 0.588. The van der Waals surface area contributed by atoms with Crippen LogP contribution in [0.15, 0.2) is 24.0 Å². The summed E-state index contributed by atoms with van der Waals surface area (Å²) in [5.74, 6) is 1.10. The summed E-state index contributed by atoms with van der Waals surface area (Å²) in [6, 6.07) is 0. The second-order valence-electron chi connectivity index (χ2n) is 4.69. The van der Waals surface area contributed by atoms with Gasteiger partial charge in [-0.15, -0.1) is 6.58 Å². The molecule has 0 heterocycles. The average Bonchev–Trinajstić information content (AvgIpc) is 2.19. The van der Waals surface area contributed by atoms with Crippen molar-refractivity contribution < 1.29 is 9.53 Å². The number of ketones is 1. The molecule has 84 valence electrons. The average molecular weight is 208 g/mol. The van der Waals surface area contributed by atoms with E-state index in [1.165, 1.54) is 0 Å². The highest BCUT2D eigenvalue weighted by atomic mass is 16.5. The summed E-state index contributed by atoms with van der Waals surface area (Å²) in [6.07, 6.45) is 4.41. The quantitative estimate of drug-likeness (QED) is 0.523. The number of allylic oxidation sites excluding steroid dienone is 2. The van der Waals surface area contributed by atoms with E-state index in [1.54, 1.807) is 0 Å². The number of Topliss-reactive ketones (excluding diaryl/α,β-unsaturated/α-hetero) is 1. The maximum absolute atomic E-state index is 11.9. The van der Waals surface area contributed by atoms with Gasteiger partial charge in [-0.1, -0.05) is 19.9 Å². The van der Waals surface area contributed by atoms with E-state index in [4.69, 9.17) is 4.74 Å². The van der Waals surface area contributed by atoms with Crippen LogP contribution >= 0.6 is 0 Å². The van der Waals surface area contributed by atoms with Crippen molar-refractivity contribution in [2.45, 2.75) is 40.0 Å². The maximum atomic E-state index is 11.9. The Morgan fingerprint density at radius 3 is 2.80 bits per heavy atom. The van der Waals surface area contributed by atoms with E-state index < -0.39 is 0 Å². The molecular weight excluding hydrogens is 188 g/mol. The summed E-state index contributed by atoms with van der Waals surface area (Å²) >= 11 is 0. The van der Waals surface area contributed by atoms with Crippen molar-refractivity contribution in [3.05, 3.63) is 24.0 Å². The first-order chi connectivity index (χ1) is 6.99. The van der Waals surface area contributed by atoms with Gasteiger partial charge in [0.05, 0.1) is 6.61 Å². The number of hydrogen-bond acceptors (Lipinski definition) is 2. The first kappa shape index (κ1) is 12.0. The fourth-order valence-corrected chi connectivity index (χ4v) is 1.81. The van der Waals surface area contributed by atoms with Gasteiger partial charge in [0.1, 0.15) is 5.76 Å². The zero-order chi connectivity index (χ0) is 11.5. The molecule has 0 amide bonds. The van der Waals surface area contributed by atoms with Crippen molar-refractivity contribution in [1.82, 2.24) is 0 Å². The van der Waals surface area contributed by atoms with Crippen molar-refractivity contribution in [3.8, 4) is 0 Å².